The van der Waals surface area contributed by atoms with E-state index in [2.05, 4.69) is 13.8 Å². The zero-order valence-electron chi connectivity index (χ0n) is 9.31. The number of hydrogen-bond acceptors (Lipinski definition) is 2. The third-order valence-corrected chi connectivity index (χ3v) is 2.70. The van der Waals surface area contributed by atoms with E-state index >= 15 is 0 Å². The molecule has 0 aliphatic carbocycles. The molecule has 4 N–H and O–H groups in total. The van der Waals surface area contributed by atoms with E-state index in [1.165, 1.54) is 25.7 Å². The maximum absolute atomic E-state index is 6.30. The molecule has 0 unspecified atom stereocenters. The van der Waals surface area contributed by atoms with Crippen molar-refractivity contribution in [3.63, 3.8) is 0 Å². The van der Waals surface area contributed by atoms with Crippen molar-refractivity contribution in [3.05, 3.63) is 0 Å². The predicted octanol–water partition coefficient (Wildman–Crippen LogP) is 2.41. The van der Waals surface area contributed by atoms with Crippen molar-refractivity contribution >= 4 is 0 Å². The van der Waals surface area contributed by atoms with Crippen LogP contribution in [0.2, 0.25) is 0 Å². The Hall–Kier alpha value is -0.0800. The summed E-state index contributed by atoms with van der Waals surface area (Å²) in [5, 5.41) is 0. The van der Waals surface area contributed by atoms with Crippen LogP contribution in [0.5, 0.6) is 0 Å². The molecule has 13 heavy (non-hydrogen) atoms. The summed E-state index contributed by atoms with van der Waals surface area (Å²) in [7, 11) is 0. The summed E-state index contributed by atoms with van der Waals surface area (Å²) in [6.07, 6.45) is 8.19. The van der Waals surface area contributed by atoms with Gasteiger partial charge in [-0.25, -0.2) is 0 Å². The first kappa shape index (κ1) is 12.9. The van der Waals surface area contributed by atoms with Crippen LogP contribution in [-0.2, 0) is 0 Å². The minimum absolute atomic E-state index is 0.0285. The molecule has 0 bridgehead atoms. The Morgan fingerprint density at radius 2 is 1.38 bits per heavy atom. The van der Waals surface area contributed by atoms with Gasteiger partial charge in [-0.2, -0.15) is 0 Å². The van der Waals surface area contributed by atoms with Crippen LogP contribution in [0.3, 0.4) is 0 Å². The number of rotatable bonds is 8. The molecule has 0 fully saturated rings. The Bertz CT molecular complexity index is 105. The summed E-state index contributed by atoms with van der Waals surface area (Å²) < 4.78 is 0. The first-order chi connectivity index (χ1) is 6.18. The second-order valence-corrected chi connectivity index (χ2v) is 4.11. The van der Waals surface area contributed by atoms with E-state index in [0.717, 1.165) is 25.8 Å². The largest absolute Gasteiger partial charge is 0.330 e. The van der Waals surface area contributed by atoms with Crippen molar-refractivity contribution in [2.45, 2.75) is 64.3 Å². The molecule has 0 atom stereocenters. The monoisotopic (exact) mass is 186 g/mol. The normalized spacial score (nSPS) is 12.0. The van der Waals surface area contributed by atoms with Gasteiger partial charge in [-0.15, -0.1) is 0 Å². The standard InChI is InChI=1S/C11H26N2/c1-3-5-7-11(13,9-10-12)8-6-4-2/h3-10,12-13H2,1-2H3. The van der Waals surface area contributed by atoms with E-state index in [-0.39, 0.29) is 5.54 Å². The Morgan fingerprint density at radius 3 is 1.69 bits per heavy atom. The fourth-order valence-corrected chi connectivity index (χ4v) is 1.72. The van der Waals surface area contributed by atoms with E-state index in [1.807, 2.05) is 0 Å². The van der Waals surface area contributed by atoms with Crippen LogP contribution < -0.4 is 11.5 Å². The van der Waals surface area contributed by atoms with Gasteiger partial charge in [0.2, 0.25) is 0 Å². The summed E-state index contributed by atoms with van der Waals surface area (Å²) in [5.74, 6) is 0. The summed E-state index contributed by atoms with van der Waals surface area (Å²) in [6, 6.07) is 0. The molecule has 0 saturated carbocycles. The molecule has 0 spiro atoms. The molecule has 2 nitrogen and oxygen atoms in total. The Morgan fingerprint density at radius 1 is 0.923 bits per heavy atom. The highest BCUT2D eigenvalue weighted by atomic mass is 14.7. The number of unbranched alkanes of at least 4 members (excludes halogenated alkanes) is 2. The van der Waals surface area contributed by atoms with Gasteiger partial charge in [0, 0.05) is 5.54 Å². The van der Waals surface area contributed by atoms with Gasteiger partial charge in [0.1, 0.15) is 0 Å². The maximum Gasteiger partial charge on any atom is 0.0166 e. The van der Waals surface area contributed by atoms with Crippen LogP contribution in [0.4, 0.5) is 0 Å². The van der Waals surface area contributed by atoms with Gasteiger partial charge in [0.05, 0.1) is 0 Å². The molecule has 0 saturated heterocycles. The van der Waals surface area contributed by atoms with Crippen LogP contribution >= 0.6 is 0 Å². The van der Waals surface area contributed by atoms with Gasteiger partial charge in [-0.05, 0) is 25.8 Å². The minimum Gasteiger partial charge on any atom is -0.330 e. The van der Waals surface area contributed by atoms with E-state index in [4.69, 9.17) is 11.5 Å². The van der Waals surface area contributed by atoms with Crippen LogP contribution in [0.25, 0.3) is 0 Å². The first-order valence-corrected chi connectivity index (χ1v) is 5.67. The van der Waals surface area contributed by atoms with Crippen LogP contribution in [0.1, 0.15) is 58.8 Å². The number of hydrogen-bond donors (Lipinski definition) is 2. The predicted molar refractivity (Wildman–Crippen MR) is 59.6 cm³/mol. The van der Waals surface area contributed by atoms with E-state index in [0.29, 0.717) is 0 Å². The summed E-state index contributed by atoms with van der Waals surface area (Å²) in [4.78, 5) is 0. The van der Waals surface area contributed by atoms with E-state index in [1.54, 1.807) is 0 Å². The first-order valence-electron chi connectivity index (χ1n) is 5.67. The average Bonchev–Trinajstić information content (AvgIpc) is 2.12. The van der Waals surface area contributed by atoms with Crippen molar-refractivity contribution in [1.29, 1.82) is 0 Å². The third kappa shape index (κ3) is 6.05. The molecule has 0 radical (unpaired) electrons. The maximum atomic E-state index is 6.30. The van der Waals surface area contributed by atoms with E-state index in [9.17, 15) is 0 Å². The van der Waals surface area contributed by atoms with Crippen LogP contribution in [0.15, 0.2) is 0 Å². The second-order valence-electron chi connectivity index (χ2n) is 4.11. The van der Waals surface area contributed by atoms with Gasteiger partial charge in [0.15, 0.2) is 0 Å². The molecule has 0 heterocycles. The SMILES string of the molecule is CCCCC(N)(CCN)CCCC. The molecular formula is C11H26N2. The zero-order valence-corrected chi connectivity index (χ0v) is 9.31. The molecule has 0 aromatic carbocycles. The Labute approximate surface area is 83.1 Å². The quantitative estimate of drug-likeness (QED) is 0.611. The molecule has 0 rings (SSSR count). The lowest BCUT2D eigenvalue weighted by atomic mass is 9.85. The lowest BCUT2D eigenvalue weighted by Crippen LogP contribution is -2.41. The van der Waals surface area contributed by atoms with Gasteiger partial charge in [0.25, 0.3) is 0 Å². The van der Waals surface area contributed by atoms with Gasteiger partial charge in [-0.3, -0.25) is 0 Å². The topological polar surface area (TPSA) is 52.0 Å². The molecule has 0 amide bonds. The van der Waals surface area contributed by atoms with Gasteiger partial charge in [-0.1, -0.05) is 39.5 Å². The molecule has 0 aliphatic heterocycles. The Balaban J connectivity index is 3.84. The van der Waals surface area contributed by atoms with Crippen molar-refractivity contribution in [1.82, 2.24) is 0 Å². The molecule has 0 aliphatic rings. The highest BCUT2D eigenvalue weighted by Gasteiger charge is 2.22. The fraction of sp³-hybridized carbons (Fsp3) is 1.00. The van der Waals surface area contributed by atoms with Crippen LogP contribution in [0, 0.1) is 0 Å². The van der Waals surface area contributed by atoms with Crippen molar-refractivity contribution in [3.8, 4) is 0 Å². The van der Waals surface area contributed by atoms with Gasteiger partial charge >= 0.3 is 0 Å². The summed E-state index contributed by atoms with van der Waals surface area (Å²) >= 11 is 0. The van der Waals surface area contributed by atoms with E-state index < -0.39 is 0 Å². The molecule has 80 valence electrons. The smallest absolute Gasteiger partial charge is 0.0166 e. The lowest BCUT2D eigenvalue weighted by Gasteiger charge is -2.29. The second kappa shape index (κ2) is 7.34. The number of nitrogens with two attached hydrogens (primary N) is 2. The minimum atomic E-state index is 0.0285. The molecular weight excluding hydrogens is 160 g/mol. The lowest BCUT2D eigenvalue weighted by molar-refractivity contribution is 0.325. The summed E-state index contributed by atoms with van der Waals surface area (Å²) in [6.45, 7) is 5.15. The van der Waals surface area contributed by atoms with Gasteiger partial charge < -0.3 is 11.5 Å². The Kier molecular flexibility index (Phi) is 7.29. The third-order valence-electron chi connectivity index (χ3n) is 2.70. The van der Waals surface area contributed by atoms with Crippen molar-refractivity contribution < 1.29 is 0 Å². The fourth-order valence-electron chi connectivity index (χ4n) is 1.72. The summed E-state index contributed by atoms with van der Waals surface area (Å²) in [5.41, 5.74) is 11.9. The molecule has 2 heteroatoms. The highest BCUT2D eigenvalue weighted by Crippen LogP contribution is 2.21. The van der Waals surface area contributed by atoms with Crippen molar-refractivity contribution in [2.75, 3.05) is 6.54 Å². The van der Waals surface area contributed by atoms with Crippen molar-refractivity contribution in [2.24, 2.45) is 11.5 Å². The highest BCUT2D eigenvalue weighted by molar-refractivity contribution is 4.83. The average molecular weight is 186 g/mol. The zero-order chi connectivity index (χ0) is 10.2. The molecule has 0 aromatic heterocycles. The molecule has 0 aromatic rings. The van der Waals surface area contributed by atoms with Crippen LogP contribution in [-0.4, -0.2) is 12.1 Å².